The van der Waals surface area contributed by atoms with Gasteiger partial charge in [0.15, 0.2) is 6.23 Å². The van der Waals surface area contributed by atoms with Gasteiger partial charge in [-0.1, -0.05) is 49.5 Å². The van der Waals surface area contributed by atoms with Crippen LogP contribution >= 0.6 is 34.5 Å². The number of carbonyl (C=O) groups is 2. The van der Waals surface area contributed by atoms with E-state index in [9.17, 15) is 13.8 Å². The van der Waals surface area contributed by atoms with Crippen molar-refractivity contribution in [2.24, 2.45) is 28.4 Å². The molecule has 5 rings (SSSR count). The highest BCUT2D eigenvalue weighted by Gasteiger charge is 2.22. The Bertz CT molecular complexity index is 1730. The van der Waals surface area contributed by atoms with Crippen molar-refractivity contribution < 1.29 is 23.5 Å². The van der Waals surface area contributed by atoms with E-state index in [-0.39, 0.29) is 30.0 Å². The SMILES string of the molecule is C=C.CC(=O)CN1CCCCC1=O.Cc1ccc(Cl)cc1/C=C/ON[C@H]1CCCN(CCC(C)CCC(C)C(N)C(C)N)O1.NS(=O)c1cc2cc(Cl)ccc2s1. The van der Waals surface area contributed by atoms with Gasteiger partial charge in [-0.3, -0.25) is 14.4 Å². The van der Waals surface area contributed by atoms with Gasteiger partial charge in [0.25, 0.3) is 0 Å². The molecular weight excluding hydrogens is 804 g/mol. The van der Waals surface area contributed by atoms with Crippen LogP contribution in [0.5, 0.6) is 0 Å². The lowest BCUT2D eigenvalue weighted by Crippen LogP contribution is -2.44. The second-order valence-corrected chi connectivity index (χ2v) is 17.9. The van der Waals surface area contributed by atoms with Crippen molar-refractivity contribution in [3.8, 4) is 0 Å². The van der Waals surface area contributed by atoms with E-state index in [1.165, 1.54) is 18.3 Å². The smallest absolute Gasteiger partial charge is 0.222 e. The first-order chi connectivity index (χ1) is 27.1. The number of Topliss-reactive ketones (excluding diaryl/α,β-unsaturated/α-hetero) is 1. The molecule has 0 aliphatic carbocycles. The summed E-state index contributed by atoms with van der Waals surface area (Å²) in [6.45, 7) is 19.0. The summed E-state index contributed by atoms with van der Waals surface area (Å²) >= 11 is 13.3. The van der Waals surface area contributed by atoms with E-state index in [0.29, 0.717) is 39.1 Å². The number of nitrogens with zero attached hydrogens (tertiary/aromatic N) is 2. The van der Waals surface area contributed by atoms with Gasteiger partial charge in [-0.2, -0.15) is 5.06 Å². The minimum atomic E-state index is -1.39. The molecule has 11 nitrogen and oxygen atoms in total. The van der Waals surface area contributed by atoms with Gasteiger partial charge >= 0.3 is 0 Å². The number of hydrogen-bond acceptors (Lipinski definition) is 10. The highest BCUT2D eigenvalue weighted by Crippen LogP contribution is 2.29. The van der Waals surface area contributed by atoms with Crippen LogP contribution in [0, 0.1) is 18.8 Å². The molecule has 0 spiro atoms. The number of halogens is 2. The first-order valence-electron chi connectivity index (χ1n) is 19.5. The van der Waals surface area contributed by atoms with E-state index in [1.807, 2.05) is 62.4 Å². The summed E-state index contributed by atoms with van der Waals surface area (Å²) in [6.07, 6.45) is 11.4. The molecule has 2 saturated heterocycles. The molecule has 1 amide bonds. The monoisotopic (exact) mass is 866 g/mol. The average Bonchev–Trinajstić information content (AvgIpc) is 3.62. The number of carbonyl (C=O) groups excluding carboxylic acids is 2. The molecule has 15 heteroatoms. The maximum Gasteiger partial charge on any atom is 0.222 e. The van der Waals surface area contributed by atoms with Crippen LogP contribution in [-0.4, -0.2) is 70.4 Å². The highest BCUT2D eigenvalue weighted by molar-refractivity contribution is 7.85. The standard InChI is InChI=1S/C24H41ClN4O2.C8H6ClNOS2.C8H13NO2.C2H4/c1-17(7-8-19(3)24(27)20(4)26)11-14-29-13-5-6-23(31-29)28-30-15-12-21-16-22(25)10-9-18(21)2;9-6-1-2-7-5(3-6)4-8(12-7)13(10)11;1-7(10)6-9-5-3-2-4-8(9)11;1-2/h9-10,12,15-17,19-20,23-24,28H,5-8,11,13-14,26-27H2,1-4H3;1-4H,10H2;2-6H2,1H3;1-2H2/b15-12+;;;/t17?,19?,20?,23-,24?;;;/m1.../s1. The Morgan fingerprint density at radius 3 is 2.42 bits per heavy atom. The summed E-state index contributed by atoms with van der Waals surface area (Å²) in [5.74, 6) is 1.27. The van der Waals surface area contributed by atoms with E-state index in [0.717, 1.165) is 85.8 Å². The quantitative estimate of drug-likeness (QED) is 0.0666. The van der Waals surface area contributed by atoms with E-state index >= 15 is 0 Å². The molecule has 0 radical (unpaired) electrons. The van der Waals surface area contributed by atoms with E-state index in [1.54, 1.807) is 11.2 Å². The van der Waals surface area contributed by atoms with E-state index in [2.05, 4.69) is 37.5 Å². The molecule has 7 N–H and O–H groups in total. The number of nitrogens with two attached hydrogens (primary N) is 3. The van der Waals surface area contributed by atoms with Crippen molar-refractivity contribution in [1.29, 1.82) is 0 Å². The van der Waals surface area contributed by atoms with Gasteiger partial charge in [0.2, 0.25) is 5.91 Å². The van der Waals surface area contributed by atoms with Gasteiger partial charge in [0.1, 0.15) is 27.2 Å². The molecule has 2 aliphatic heterocycles. The second-order valence-electron chi connectivity index (χ2n) is 14.6. The lowest BCUT2D eigenvalue weighted by Gasteiger charge is -2.32. The number of piperidine rings is 1. The Morgan fingerprint density at radius 2 is 1.75 bits per heavy atom. The Morgan fingerprint density at radius 1 is 1.05 bits per heavy atom. The number of nitrogens with one attached hydrogen (secondary N) is 1. The van der Waals surface area contributed by atoms with Crippen molar-refractivity contribution in [2.45, 2.75) is 109 Å². The predicted molar refractivity (Wildman–Crippen MR) is 239 cm³/mol. The van der Waals surface area contributed by atoms with Crippen LogP contribution in [-0.2, 0) is 30.2 Å². The number of aryl methyl sites for hydroxylation is 1. The van der Waals surface area contributed by atoms with Crippen molar-refractivity contribution in [3.05, 3.63) is 83.1 Å². The molecule has 0 saturated carbocycles. The summed E-state index contributed by atoms with van der Waals surface area (Å²) in [5.41, 5.74) is 17.3. The molecule has 2 fully saturated rings. The fraction of sp³-hybridized carbons (Fsp3) is 0.524. The Hall–Kier alpha value is -2.69. The minimum absolute atomic E-state index is 0.0445. The molecule has 6 atom stereocenters. The fourth-order valence-corrected chi connectivity index (χ4v) is 8.13. The van der Waals surface area contributed by atoms with Crippen molar-refractivity contribution in [3.63, 3.8) is 0 Å². The van der Waals surface area contributed by atoms with Crippen LogP contribution in [0.25, 0.3) is 16.2 Å². The van der Waals surface area contributed by atoms with Crippen LogP contribution in [0.15, 0.2) is 66.1 Å². The average molecular weight is 868 g/mol. The number of hydroxylamine groups is 3. The van der Waals surface area contributed by atoms with Crippen molar-refractivity contribution in [2.75, 3.05) is 26.2 Å². The number of hydrogen-bond donors (Lipinski definition) is 4. The van der Waals surface area contributed by atoms with Gasteiger partial charge in [0, 0.05) is 52.9 Å². The van der Waals surface area contributed by atoms with Crippen molar-refractivity contribution in [1.82, 2.24) is 15.4 Å². The topological polar surface area (TPSA) is 166 Å². The van der Waals surface area contributed by atoms with Crippen LogP contribution < -0.4 is 22.1 Å². The number of benzene rings is 2. The molecule has 3 heterocycles. The summed E-state index contributed by atoms with van der Waals surface area (Å²) < 4.78 is 12.7. The maximum atomic E-state index is 11.1. The molecule has 3 aromatic rings. The lowest BCUT2D eigenvalue weighted by atomic mass is 9.89. The van der Waals surface area contributed by atoms with Crippen LogP contribution in [0.2, 0.25) is 10.0 Å². The fourth-order valence-electron chi connectivity index (χ4n) is 6.15. The van der Waals surface area contributed by atoms with Gasteiger partial charge in [0.05, 0.1) is 6.54 Å². The zero-order valence-corrected chi connectivity index (χ0v) is 37.4. The molecule has 2 aromatic carbocycles. The summed E-state index contributed by atoms with van der Waals surface area (Å²) in [4.78, 5) is 34.9. The number of rotatable bonds is 15. The third kappa shape index (κ3) is 19.3. The summed E-state index contributed by atoms with van der Waals surface area (Å²) in [7, 11) is -1.39. The van der Waals surface area contributed by atoms with Gasteiger partial charge in [-0.25, -0.2) is 9.35 Å². The first kappa shape index (κ1) is 50.5. The molecule has 5 unspecified atom stereocenters. The maximum absolute atomic E-state index is 11.1. The molecule has 0 bridgehead atoms. The normalized spacial score (nSPS) is 18.5. The lowest BCUT2D eigenvalue weighted by molar-refractivity contribution is -0.253. The summed E-state index contributed by atoms with van der Waals surface area (Å²) in [6, 6.07) is 13.3. The molecular formula is C42H64Cl2N6O5S2. The number of amides is 1. The van der Waals surface area contributed by atoms with Gasteiger partial charge in [-0.05, 0) is 130 Å². The number of ketones is 1. The van der Waals surface area contributed by atoms with Gasteiger partial charge < -0.3 is 21.2 Å². The third-order valence-electron chi connectivity index (χ3n) is 9.65. The van der Waals surface area contributed by atoms with E-state index < -0.39 is 11.0 Å². The first-order valence-corrected chi connectivity index (χ1v) is 22.3. The Balaban J connectivity index is 0.000000349. The largest absolute Gasteiger partial charge is 0.414 e. The molecule has 2 aliphatic rings. The number of fused-ring (bicyclic) bond motifs is 1. The zero-order chi connectivity index (χ0) is 42.5. The zero-order valence-electron chi connectivity index (χ0n) is 34.2. The van der Waals surface area contributed by atoms with Crippen LogP contribution in [0.4, 0.5) is 0 Å². The number of likely N-dealkylation sites (tertiary alicyclic amines) is 1. The highest BCUT2D eigenvalue weighted by atomic mass is 35.5. The van der Waals surface area contributed by atoms with Crippen LogP contribution in [0.3, 0.4) is 0 Å². The second kappa shape index (κ2) is 27.1. The predicted octanol–water partition coefficient (Wildman–Crippen LogP) is 8.54. The summed E-state index contributed by atoms with van der Waals surface area (Å²) in [5, 5.41) is 9.71. The number of thiophene rings is 1. The Kier molecular flexibility index (Phi) is 24.0. The molecule has 1 aromatic heterocycles. The molecule has 57 heavy (non-hydrogen) atoms. The van der Waals surface area contributed by atoms with Gasteiger partial charge in [-0.15, -0.1) is 30.0 Å². The third-order valence-corrected chi connectivity index (χ3v) is 12.3. The minimum Gasteiger partial charge on any atom is -0.414 e. The van der Waals surface area contributed by atoms with Crippen molar-refractivity contribution >= 4 is 73.4 Å². The van der Waals surface area contributed by atoms with E-state index in [4.69, 9.17) is 49.5 Å². The molecule has 318 valence electrons. The Labute approximate surface area is 356 Å². The van der Waals surface area contributed by atoms with Crippen LogP contribution in [0.1, 0.15) is 90.2 Å².